The Kier molecular flexibility index (Phi) is 6.01. The van der Waals surface area contributed by atoms with Crippen molar-refractivity contribution in [3.63, 3.8) is 0 Å². The number of carbonyl (C=O) groups is 1. The Morgan fingerprint density at radius 2 is 2.06 bits per heavy atom. The maximum absolute atomic E-state index is 11.9. The minimum absolute atomic E-state index is 0.0664. The number of hydrogen-bond donors (Lipinski definition) is 2. The van der Waals surface area contributed by atoms with Crippen LogP contribution in [0, 0.1) is 6.92 Å². The minimum Gasteiger partial charge on any atom is -0.351 e. The van der Waals surface area contributed by atoms with Gasteiger partial charge in [-0.05, 0) is 37.6 Å². The van der Waals surface area contributed by atoms with Gasteiger partial charge >= 0.3 is 0 Å². The van der Waals surface area contributed by atoms with E-state index in [1.54, 1.807) is 12.1 Å². The quantitative estimate of drug-likeness (QED) is 0.766. The summed E-state index contributed by atoms with van der Waals surface area (Å²) in [4.78, 5) is 11.9. The molecule has 0 saturated carbocycles. The summed E-state index contributed by atoms with van der Waals surface area (Å²) in [5, 5.41) is 6.68. The molecule has 3 nitrogen and oxygen atoms in total. The molecule has 1 aromatic rings. The van der Waals surface area contributed by atoms with Crippen molar-refractivity contribution in [3.8, 4) is 0 Å². The van der Waals surface area contributed by atoms with Crippen molar-refractivity contribution < 1.29 is 4.79 Å². The van der Waals surface area contributed by atoms with Crippen molar-refractivity contribution in [2.45, 2.75) is 20.3 Å². The molecule has 4 heteroatoms. The zero-order valence-electron chi connectivity index (χ0n) is 10.3. The van der Waals surface area contributed by atoms with Gasteiger partial charge in [0.1, 0.15) is 0 Å². The van der Waals surface area contributed by atoms with E-state index in [9.17, 15) is 4.79 Å². The van der Waals surface area contributed by atoms with Crippen LogP contribution >= 0.6 is 11.6 Å². The highest BCUT2D eigenvalue weighted by Crippen LogP contribution is 2.14. The first-order chi connectivity index (χ1) is 8.15. The molecule has 1 amide bonds. The van der Waals surface area contributed by atoms with Crippen molar-refractivity contribution in [1.82, 2.24) is 10.6 Å². The molecule has 1 aromatic carbocycles. The Morgan fingerprint density at radius 3 is 2.76 bits per heavy atom. The van der Waals surface area contributed by atoms with Gasteiger partial charge in [0.2, 0.25) is 0 Å². The number of hydrogen-bond acceptors (Lipinski definition) is 2. The van der Waals surface area contributed by atoms with Crippen LogP contribution in [0.1, 0.15) is 29.3 Å². The van der Waals surface area contributed by atoms with E-state index in [1.165, 1.54) is 0 Å². The van der Waals surface area contributed by atoms with Crippen LogP contribution < -0.4 is 10.6 Å². The Morgan fingerprint density at radius 1 is 1.29 bits per heavy atom. The van der Waals surface area contributed by atoms with E-state index >= 15 is 0 Å². The average molecular weight is 255 g/mol. The lowest BCUT2D eigenvalue weighted by Crippen LogP contribution is -2.32. The molecule has 0 spiro atoms. The lowest BCUT2D eigenvalue weighted by molar-refractivity contribution is 0.0953. The van der Waals surface area contributed by atoms with Gasteiger partial charge in [-0.15, -0.1) is 0 Å². The molecule has 0 aliphatic heterocycles. The van der Waals surface area contributed by atoms with Crippen LogP contribution in [0.3, 0.4) is 0 Å². The van der Waals surface area contributed by atoms with Gasteiger partial charge in [0.15, 0.2) is 0 Å². The minimum atomic E-state index is -0.0664. The molecule has 0 saturated heterocycles. The van der Waals surface area contributed by atoms with Crippen molar-refractivity contribution >= 4 is 17.5 Å². The summed E-state index contributed by atoms with van der Waals surface area (Å²) < 4.78 is 0. The lowest BCUT2D eigenvalue weighted by Gasteiger charge is -2.08. The van der Waals surface area contributed by atoms with E-state index < -0.39 is 0 Å². The normalized spacial score (nSPS) is 10.3. The summed E-state index contributed by atoms with van der Waals surface area (Å²) in [5.41, 5.74) is 1.58. The van der Waals surface area contributed by atoms with Gasteiger partial charge in [-0.2, -0.15) is 0 Å². The van der Waals surface area contributed by atoms with E-state index in [1.807, 2.05) is 13.0 Å². The Labute approximate surface area is 108 Å². The zero-order chi connectivity index (χ0) is 12.7. The van der Waals surface area contributed by atoms with Crippen LogP contribution in [0.2, 0.25) is 5.02 Å². The molecule has 0 aliphatic carbocycles. The highest BCUT2D eigenvalue weighted by Gasteiger charge is 2.08. The monoisotopic (exact) mass is 254 g/mol. The van der Waals surface area contributed by atoms with Crippen LogP contribution in [-0.4, -0.2) is 25.5 Å². The first-order valence-electron chi connectivity index (χ1n) is 5.90. The zero-order valence-corrected chi connectivity index (χ0v) is 11.1. The number of nitrogens with one attached hydrogen (secondary N) is 2. The molecular formula is C13H19ClN2O. The first-order valence-corrected chi connectivity index (χ1v) is 6.28. The summed E-state index contributed by atoms with van der Waals surface area (Å²) in [6.07, 6.45) is 1.10. The standard InChI is InChI=1S/C13H19ClN2O/c1-3-6-15-7-8-16-13(17)12-9-11(14)5-4-10(12)2/h4-5,9,15H,3,6-8H2,1-2H3,(H,16,17). The molecule has 17 heavy (non-hydrogen) atoms. The van der Waals surface area contributed by atoms with E-state index in [0.717, 1.165) is 25.1 Å². The van der Waals surface area contributed by atoms with E-state index in [0.29, 0.717) is 17.1 Å². The van der Waals surface area contributed by atoms with Gasteiger partial charge in [0.05, 0.1) is 0 Å². The maximum atomic E-state index is 11.9. The molecule has 0 aromatic heterocycles. The van der Waals surface area contributed by atoms with Gasteiger partial charge in [0, 0.05) is 23.7 Å². The summed E-state index contributed by atoms with van der Waals surface area (Å²) in [6, 6.07) is 5.34. The Hall–Kier alpha value is -1.06. The third-order valence-electron chi connectivity index (χ3n) is 2.46. The van der Waals surface area contributed by atoms with Crippen LogP contribution in [0.25, 0.3) is 0 Å². The number of rotatable bonds is 6. The molecule has 0 fully saturated rings. The predicted octanol–water partition coefficient (Wildman–Crippen LogP) is 2.38. The molecule has 1 rings (SSSR count). The largest absolute Gasteiger partial charge is 0.351 e. The van der Waals surface area contributed by atoms with Gasteiger partial charge in [0.25, 0.3) is 5.91 Å². The fourth-order valence-corrected chi connectivity index (χ4v) is 1.67. The van der Waals surface area contributed by atoms with Crippen LogP contribution in [-0.2, 0) is 0 Å². The second-order valence-corrected chi connectivity index (χ2v) is 4.40. The van der Waals surface area contributed by atoms with Crippen molar-refractivity contribution in [2.24, 2.45) is 0 Å². The van der Waals surface area contributed by atoms with Crippen molar-refractivity contribution in [1.29, 1.82) is 0 Å². The first kappa shape index (κ1) is 14.0. The van der Waals surface area contributed by atoms with Crippen molar-refractivity contribution in [3.05, 3.63) is 34.3 Å². The van der Waals surface area contributed by atoms with E-state index in [4.69, 9.17) is 11.6 Å². The maximum Gasteiger partial charge on any atom is 0.251 e. The predicted molar refractivity (Wildman–Crippen MR) is 71.7 cm³/mol. The third kappa shape index (κ3) is 4.75. The fourth-order valence-electron chi connectivity index (χ4n) is 1.50. The van der Waals surface area contributed by atoms with Crippen LogP contribution in [0.5, 0.6) is 0 Å². The van der Waals surface area contributed by atoms with Crippen LogP contribution in [0.15, 0.2) is 18.2 Å². The molecule has 0 bridgehead atoms. The average Bonchev–Trinajstić information content (AvgIpc) is 2.32. The van der Waals surface area contributed by atoms with E-state index in [2.05, 4.69) is 17.6 Å². The second kappa shape index (κ2) is 7.30. The highest BCUT2D eigenvalue weighted by atomic mass is 35.5. The van der Waals surface area contributed by atoms with Gasteiger partial charge in [-0.25, -0.2) is 0 Å². The number of benzene rings is 1. The summed E-state index contributed by atoms with van der Waals surface area (Å²) in [6.45, 7) is 6.41. The Balaban J connectivity index is 2.44. The molecule has 0 unspecified atom stereocenters. The molecule has 0 heterocycles. The molecule has 0 atom stereocenters. The summed E-state index contributed by atoms with van der Waals surface area (Å²) >= 11 is 5.87. The number of aryl methyl sites for hydroxylation is 1. The smallest absolute Gasteiger partial charge is 0.251 e. The molecule has 0 radical (unpaired) electrons. The van der Waals surface area contributed by atoms with Gasteiger partial charge in [-0.3, -0.25) is 4.79 Å². The second-order valence-electron chi connectivity index (χ2n) is 3.97. The van der Waals surface area contributed by atoms with Crippen LogP contribution in [0.4, 0.5) is 0 Å². The SMILES string of the molecule is CCCNCCNC(=O)c1cc(Cl)ccc1C. The van der Waals surface area contributed by atoms with Gasteiger partial charge < -0.3 is 10.6 Å². The van der Waals surface area contributed by atoms with Crippen molar-refractivity contribution in [2.75, 3.05) is 19.6 Å². The fraction of sp³-hybridized carbons (Fsp3) is 0.462. The topological polar surface area (TPSA) is 41.1 Å². The molecule has 2 N–H and O–H groups in total. The van der Waals surface area contributed by atoms with E-state index in [-0.39, 0.29) is 5.91 Å². The van der Waals surface area contributed by atoms with Gasteiger partial charge in [-0.1, -0.05) is 24.6 Å². The molecule has 94 valence electrons. The lowest BCUT2D eigenvalue weighted by atomic mass is 10.1. The number of halogens is 1. The summed E-state index contributed by atoms with van der Waals surface area (Å²) in [5.74, 6) is -0.0664. The molecule has 0 aliphatic rings. The molecular weight excluding hydrogens is 236 g/mol. The third-order valence-corrected chi connectivity index (χ3v) is 2.69. The Bertz CT molecular complexity index is 380. The summed E-state index contributed by atoms with van der Waals surface area (Å²) in [7, 11) is 0. The number of carbonyl (C=O) groups excluding carboxylic acids is 1. The highest BCUT2D eigenvalue weighted by molar-refractivity contribution is 6.31. The number of amides is 1.